The normalized spacial score (nSPS) is 13.6. The van der Waals surface area contributed by atoms with Gasteiger partial charge >= 0.3 is 0 Å². The topological polar surface area (TPSA) is 62.1 Å². The molecule has 3 aromatic rings. The lowest BCUT2D eigenvalue weighted by Crippen LogP contribution is -2.17. The number of halogens is 1. The standard InChI is InChI=1S/C20H17ClN2O4S/c1-3-6-23-14-10-16-17(27-8-7-26-16)11-18(14)28-20(23)22-19(24)13-9-12(21)4-5-15(13)25-2/h3-5,9-11H,1,6-8H2,2H3. The fraction of sp³-hybridized carbons (Fsp3) is 0.200. The minimum atomic E-state index is -0.430. The van der Waals surface area contributed by atoms with E-state index in [9.17, 15) is 4.79 Å². The Kier molecular flexibility index (Phi) is 5.11. The van der Waals surface area contributed by atoms with Gasteiger partial charge in [-0.1, -0.05) is 29.0 Å². The molecule has 0 N–H and O–H groups in total. The van der Waals surface area contributed by atoms with Gasteiger partial charge in [-0.2, -0.15) is 4.99 Å². The second-order valence-electron chi connectivity index (χ2n) is 6.01. The summed E-state index contributed by atoms with van der Waals surface area (Å²) in [7, 11) is 1.50. The molecule has 2 aromatic carbocycles. The van der Waals surface area contributed by atoms with Gasteiger partial charge in [0.1, 0.15) is 19.0 Å². The molecule has 2 heterocycles. The molecule has 1 aromatic heterocycles. The maximum atomic E-state index is 12.8. The molecule has 1 aliphatic rings. The van der Waals surface area contributed by atoms with Crippen molar-refractivity contribution in [3.8, 4) is 17.2 Å². The Morgan fingerprint density at radius 2 is 2.07 bits per heavy atom. The molecule has 1 aliphatic heterocycles. The van der Waals surface area contributed by atoms with E-state index >= 15 is 0 Å². The van der Waals surface area contributed by atoms with Gasteiger partial charge < -0.3 is 18.8 Å². The number of hydrogen-bond donors (Lipinski definition) is 0. The third-order valence-electron chi connectivity index (χ3n) is 4.25. The molecule has 0 aliphatic carbocycles. The molecule has 1 amide bonds. The Hall–Kier alpha value is -2.77. The molecule has 0 saturated heterocycles. The second kappa shape index (κ2) is 7.69. The lowest BCUT2D eigenvalue weighted by Gasteiger charge is -2.18. The third kappa shape index (κ3) is 3.39. The summed E-state index contributed by atoms with van der Waals surface area (Å²) in [5.74, 6) is 1.37. The number of aromatic nitrogens is 1. The van der Waals surface area contributed by atoms with E-state index in [0.717, 1.165) is 10.2 Å². The highest BCUT2D eigenvalue weighted by molar-refractivity contribution is 7.16. The second-order valence-corrected chi connectivity index (χ2v) is 7.45. The molecular weight excluding hydrogens is 400 g/mol. The predicted octanol–water partition coefficient (Wildman–Crippen LogP) is 4.06. The van der Waals surface area contributed by atoms with Gasteiger partial charge in [-0.15, -0.1) is 6.58 Å². The number of nitrogens with zero attached hydrogens (tertiary/aromatic N) is 2. The molecule has 28 heavy (non-hydrogen) atoms. The van der Waals surface area contributed by atoms with Crippen molar-refractivity contribution < 1.29 is 19.0 Å². The van der Waals surface area contributed by atoms with Crippen LogP contribution in [0.15, 0.2) is 48.0 Å². The zero-order valence-corrected chi connectivity index (χ0v) is 16.7. The van der Waals surface area contributed by atoms with Crippen LogP contribution in [-0.4, -0.2) is 30.8 Å². The molecule has 4 rings (SSSR count). The van der Waals surface area contributed by atoms with Gasteiger partial charge in [0.15, 0.2) is 16.3 Å². The number of fused-ring (bicyclic) bond motifs is 2. The number of allylic oxidation sites excluding steroid dienone is 1. The minimum absolute atomic E-state index is 0.309. The summed E-state index contributed by atoms with van der Waals surface area (Å²) < 4.78 is 19.5. The maximum absolute atomic E-state index is 12.8. The Labute approximate surface area is 170 Å². The molecule has 6 nitrogen and oxygen atoms in total. The molecule has 0 unspecified atom stereocenters. The summed E-state index contributed by atoms with van der Waals surface area (Å²) in [6.07, 6.45) is 1.76. The zero-order valence-electron chi connectivity index (χ0n) is 15.1. The van der Waals surface area contributed by atoms with Crippen LogP contribution in [0.1, 0.15) is 10.4 Å². The van der Waals surface area contributed by atoms with Crippen LogP contribution >= 0.6 is 22.9 Å². The zero-order chi connectivity index (χ0) is 19.7. The van der Waals surface area contributed by atoms with Crippen LogP contribution in [-0.2, 0) is 6.54 Å². The van der Waals surface area contributed by atoms with Crippen LogP contribution < -0.4 is 19.0 Å². The van der Waals surface area contributed by atoms with Crippen LogP contribution in [0.3, 0.4) is 0 Å². The summed E-state index contributed by atoms with van der Waals surface area (Å²) in [5.41, 5.74) is 1.21. The number of rotatable bonds is 4. The monoisotopic (exact) mass is 416 g/mol. The molecule has 144 valence electrons. The number of amides is 1. The highest BCUT2D eigenvalue weighted by Gasteiger charge is 2.17. The van der Waals surface area contributed by atoms with Crippen molar-refractivity contribution in [1.29, 1.82) is 0 Å². The van der Waals surface area contributed by atoms with Gasteiger partial charge in [-0.3, -0.25) is 4.79 Å². The van der Waals surface area contributed by atoms with Gasteiger partial charge in [0, 0.05) is 23.7 Å². The molecule has 0 spiro atoms. The molecule has 0 fully saturated rings. The summed E-state index contributed by atoms with van der Waals surface area (Å²) in [5, 5.41) is 0.441. The van der Waals surface area contributed by atoms with E-state index in [1.54, 1.807) is 24.3 Å². The quantitative estimate of drug-likeness (QED) is 0.601. The van der Waals surface area contributed by atoms with Gasteiger partial charge in [0.2, 0.25) is 0 Å². The molecule has 0 radical (unpaired) electrons. The van der Waals surface area contributed by atoms with E-state index in [0.29, 0.717) is 52.4 Å². The third-order valence-corrected chi connectivity index (χ3v) is 5.52. The van der Waals surface area contributed by atoms with Gasteiger partial charge in [0.25, 0.3) is 5.91 Å². The van der Waals surface area contributed by atoms with Gasteiger partial charge in [0.05, 0.1) is 22.9 Å². The van der Waals surface area contributed by atoms with Crippen molar-refractivity contribution in [3.05, 3.63) is 58.4 Å². The highest BCUT2D eigenvalue weighted by Crippen LogP contribution is 2.35. The number of thiazole rings is 1. The van der Waals surface area contributed by atoms with Crippen LogP contribution in [0.4, 0.5) is 0 Å². The van der Waals surface area contributed by atoms with Crippen molar-refractivity contribution in [3.63, 3.8) is 0 Å². The predicted molar refractivity (Wildman–Crippen MR) is 109 cm³/mol. The fourth-order valence-electron chi connectivity index (χ4n) is 2.99. The maximum Gasteiger partial charge on any atom is 0.283 e. The van der Waals surface area contributed by atoms with Gasteiger partial charge in [-0.25, -0.2) is 0 Å². The summed E-state index contributed by atoms with van der Waals surface area (Å²) in [6, 6.07) is 8.69. The minimum Gasteiger partial charge on any atom is -0.496 e. The van der Waals surface area contributed by atoms with Crippen LogP contribution in [0.2, 0.25) is 5.02 Å². The van der Waals surface area contributed by atoms with E-state index in [2.05, 4.69) is 11.6 Å². The van der Waals surface area contributed by atoms with Crippen LogP contribution in [0.25, 0.3) is 10.2 Å². The number of methoxy groups -OCH3 is 1. The number of hydrogen-bond acceptors (Lipinski definition) is 5. The summed E-state index contributed by atoms with van der Waals surface area (Å²) >= 11 is 7.44. The summed E-state index contributed by atoms with van der Waals surface area (Å²) in [4.78, 5) is 17.7. The Morgan fingerprint density at radius 1 is 1.32 bits per heavy atom. The fourth-order valence-corrected chi connectivity index (χ4v) is 4.21. The van der Waals surface area contributed by atoms with Gasteiger partial charge in [-0.05, 0) is 18.2 Å². The average molecular weight is 417 g/mol. The van der Waals surface area contributed by atoms with Crippen LogP contribution in [0, 0.1) is 0 Å². The highest BCUT2D eigenvalue weighted by atomic mass is 35.5. The number of benzene rings is 2. The van der Waals surface area contributed by atoms with Crippen molar-refractivity contribution >= 4 is 39.1 Å². The van der Waals surface area contributed by atoms with Crippen molar-refractivity contribution in [2.75, 3.05) is 20.3 Å². The lowest BCUT2D eigenvalue weighted by atomic mass is 10.2. The van der Waals surface area contributed by atoms with E-state index in [1.165, 1.54) is 18.4 Å². The summed E-state index contributed by atoms with van der Waals surface area (Å²) in [6.45, 7) is 5.33. The molecule has 8 heteroatoms. The first kappa shape index (κ1) is 18.6. The SMILES string of the molecule is C=CCn1c(=NC(=O)c2cc(Cl)ccc2OC)sc2cc3c(cc21)OCCO3. The molecule has 0 atom stereocenters. The van der Waals surface area contributed by atoms with Crippen molar-refractivity contribution in [1.82, 2.24) is 4.57 Å². The van der Waals surface area contributed by atoms with Crippen molar-refractivity contribution in [2.45, 2.75) is 6.54 Å². The number of carbonyl (C=O) groups excluding carboxylic acids is 1. The molecule has 0 bridgehead atoms. The Bertz CT molecular complexity index is 1150. The molecular formula is C20H17ClN2O4S. The first-order valence-corrected chi connectivity index (χ1v) is 9.76. The van der Waals surface area contributed by atoms with E-state index in [1.807, 2.05) is 16.7 Å². The van der Waals surface area contributed by atoms with Crippen LogP contribution in [0.5, 0.6) is 17.2 Å². The lowest BCUT2D eigenvalue weighted by molar-refractivity contribution is 0.0995. The average Bonchev–Trinajstić information content (AvgIpc) is 3.02. The number of ether oxygens (including phenoxy) is 3. The first-order chi connectivity index (χ1) is 13.6. The molecule has 0 saturated carbocycles. The van der Waals surface area contributed by atoms with E-state index in [4.69, 9.17) is 25.8 Å². The number of carbonyl (C=O) groups is 1. The largest absolute Gasteiger partial charge is 0.496 e. The van der Waals surface area contributed by atoms with Crippen molar-refractivity contribution in [2.24, 2.45) is 4.99 Å². The smallest absolute Gasteiger partial charge is 0.283 e. The Balaban J connectivity index is 1.87. The Morgan fingerprint density at radius 3 is 2.79 bits per heavy atom. The van der Waals surface area contributed by atoms with E-state index < -0.39 is 5.91 Å². The first-order valence-electron chi connectivity index (χ1n) is 8.57. The van der Waals surface area contributed by atoms with E-state index in [-0.39, 0.29) is 0 Å².